The van der Waals surface area contributed by atoms with Gasteiger partial charge in [0.1, 0.15) is 0 Å². The van der Waals surface area contributed by atoms with E-state index in [1.807, 2.05) is 6.07 Å². The number of hydrogen-bond donors (Lipinski definition) is 1. The normalized spacial score (nSPS) is 10.8. The fraction of sp³-hybridized carbons (Fsp3) is 0.182. The molecular formula is C11H10Cl2N2O. The minimum atomic E-state index is -0.0522. The van der Waals surface area contributed by atoms with Crippen LogP contribution in [0.4, 0.5) is 0 Å². The SMILES string of the molecule is Cn1cc(CO)c(-c2ccc(Cl)c(Cl)c2)n1. The molecule has 0 aliphatic heterocycles. The van der Waals surface area contributed by atoms with Crippen LogP contribution in [0.3, 0.4) is 0 Å². The van der Waals surface area contributed by atoms with Crippen molar-refractivity contribution >= 4 is 23.2 Å². The predicted molar refractivity (Wildman–Crippen MR) is 64.6 cm³/mol. The van der Waals surface area contributed by atoms with Crippen LogP contribution >= 0.6 is 23.2 Å². The van der Waals surface area contributed by atoms with E-state index in [1.165, 1.54) is 0 Å². The van der Waals surface area contributed by atoms with Gasteiger partial charge in [0.2, 0.25) is 0 Å². The number of aryl methyl sites for hydroxylation is 1. The number of aromatic nitrogens is 2. The highest BCUT2D eigenvalue weighted by atomic mass is 35.5. The van der Waals surface area contributed by atoms with Gasteiger partial charge < -0.3 is 5.11 Å². The Morgan fingerprint density at radius 2 is 2.06 bits per heavy atom. The zero-order valence-electron chi connectivity index (χ0n) is 8.61. The van der Waals surface area contributed by atoms with Crippen molar-refractivity contribution in [2.24, 2.45) is 7.05 Å². The van der Waals surface area contributed by atoms with E-state index >= 15 is 0 Å². The minimum absolute atomic E-state index is 0.0522. The summed E-state index contributed by atoms with van der Waals surface area (Å²) in [5.41, 5.74) is 2.34. The van der Waals surface area contributed by atoms with Crippen LogP contribution in [-0.2, 0) is 13.7 Å². The molecule has 0 radical (unpaired) electrons. The highest BCUT2D eigenvalue weighted by molar-refractivity contribution is 6.42. The third kappa shape index (κ3) is 2.07. The lowest BCUT2D eigenvalue weighted by atomic mass is 10.1. The Morgan fingerprint density at radius 1 is 1.31 bits per heavy atom. The summed E-state index contributed by atoms with van der Waals surface area (Å²) in [4.78, 5) is 0. The van der Waals surface area contributed by atoms with Gasteiger partial charge in [-0.25, -0.2) is 0 Å². The lowest BCUT2D eigenvalue weighted by Gasteiger charge is -2.01. The predicted octanol–water partition coefficient (Wildman–Crippen LogP) is 2.89. The first-order valence-corrected chi connectivity index (χ1v) is 5.46. The van der Waals surface area contributed by atoms with Crippen LogP contribution in [0.5, 0.6) is 0 Å². The van der Waals surface area contributed by atoms with E-state index in [9.17, 15) is 5.11 Å². The van der Waals surface area contributed by atoms with Crippen LogP contribution in [0, 0.1) is 0 Å². The summed E-state index contributed by atoms with van der Waals surface area (Å²) < 4.78 is 1.66. The van der Waals surface area contributed by atoms with Gasteiger partial charge in [-0.15, -0.1) is 0 Å². The average Bonchev–Trinajstić information content (AvgIpc) is 2.63. The molecule has 0 bridgehead atoms. The van der Waals surface area contributed by atoms with Gasteiger partial charge in [0, 0.05) is 24.4 Å². The number of aliphatic hydroxyl groups is 1. The fourth-order valence-electron chi connectivity index (χ4n) is 1.54. The lowest BCUT2D eigenvalue weighted by molar-refractivity contribution is 0.282. The van der Waals surface area contributed by atoms with Crippen molar-refractivity contribution in [1.29, 1.82) is 0 Å². The molecule has 1 N–H and O–H groups in total. The largest absolute Gasteiger partial charge is 0.392 e. The summed E-state index contributed by atoms with van der Waals surface area (Å²) >= 11 is 11.8. The molecule has 1 aromatic heterocycles. The molecule has 0 aliphatic carbocycles. The van der Waals surface area contributed by atoms with E-state index in [2.05, 4.69) is 5.10 Å². The Hall–Kier alpha value is -1.03. The molecule has 0 fully saturated rings. The zero-order valence-corrected chi connectivity index (χ0v) is 10.1. The molecule has 2 aromatic rings. The first kappa shape index (κ1) is 11.5. The van der Waals surface area contributed by atoms with Crippen LogP contribution in [-0.4, -0.2) is 14.9 Å². The first-order chi connectivity index (χ1) is 7.61. The monoisotopic (exact) mass is 256 g/mol. The van der Waals surface area contributed by atoms with E-state index < -0.39 is 0 Å². The fourth-order valence-corrected chi connectivity index (χ4v) is 1.84. The maximum atomic E-state index is 9.20. The van der Waals surface area contributed by atoms with Gasteiger partial charge in [0.15, 0.2) is 0 Å². The van der Waals surface area contributed by atoms with Gasteiger partial charge in [-0.05, 0) is 12.1 Å². The van der Waals surface area contributed by atoms with Crippen molar-refractivity contribution in [2.75, 3.05) is 0 Å². The molecule has 1 aromatic carbocycles. The van der Waals surface area contributed by atoms with Crippen LogP contribution in [0.1, 0.15) is 5.56 Å². The maximum absolute atomic E-state index is 9.20. The topological polar surface area (TPSA) is 38.0 Å². The third-order valence-electron chi connectivity index (χ3n) is 2.27. The molecule has 2 rings (SSSR count). The molecule has 0 aliphatic rings. The second kappa shape index (κ2) is 4.45. The molecule has 1 heterocycles. The van der Waals surface area contributed by atoms with E-state index in [0.717, 1.165) is 16.8 Å². The van der Waals surface area contributed by atoms with Gasteiger partial charge in [-0.1, -0.05) is 29.3 Å². The van der Waals surface area contributed by atoms with Gasteiger partial charge in [0.05, 0.1) is 22.3 Å². The molecule has 0 amide bonds. The number of rotatable bonds is 2. The van der Waals surface area contributed by atoms with E-state index in [4.69, 9.17) is 23.2 Å². The Bertz CT molecular complexity index is 523. The number of nitrogens with zero attached hydrogens (tertiary/aromatic N) is 2. The van der Waals surface area contributed by atoms with Gasteiger partial charge in [-0.3, -0.25) is 4.68 Å². The van der Waals surface area contributed by atoms with Crippen LogP contribution in [0.25, 0.3) is 11.3 Å². The number of benzene rings is 1. The third-order valence-corrected chi connectivity index (χ3v) is 3.01. The molecule has 84 valence electrons. The van der Waals surface area contributed by atoms with Gasteiger partial charge in [0.25, 0.3) is 0 Å². The number of aliphatic hydroxyl groups excluding tert-OH is 1. The molecule has 0 atom stereocenters. The van der Waals surface area contributed by atoms with Crippen molar-refractivity contribution in [2.45, 2.75) is 6.61 Å². The maximum Gasteiger partial charge on any atom is 0.0978 e. The molecular weight excluding hydrogens is 247 g/mol. The molecule has 16 heavy (non-hydrogen) atoms. The van der Waals surface area contributed by atoms with E-state index in [0.29, 0.717) is 10.0 Å². The zero-order chi connectivity index (χ0) is 11.7. The van der Waals surface area contributed by atoms with Crippen molar-refractivity contribution in [3.63, 3.8) is 0 Å². The highest BCUT2D eigenvalue weighted by Crippen LogP contribution is 2.29. The molecule has 0 unspecified atom stereocenters. The smallest absolute Gasteiger partial charge is 0.0978 e. The summed E-state index contributed by atoms with van der Waals surface area (Å²) in [6.07, 6.45) is 1.78. The molecule has 0 saturated carbocycles. The molecule has 0 spiro atoms. The van der Waals surface area contributed by atoms with E-state index in [1.54, 1.807) is 30.1 Å². The Kier molecular flexibility index (Phi) is 3.19. The molecule has 3 nitrogen and oxygen atoms in total. The van der Waals surface area contributed by atoms with Gasteiger partial charge >= 0.3 is 0 Å². The van der Waals surface area contributed by atoms with Crippen LogP contribution < -0.4 is 0 Å². The quantitative estimate of drug-likeness (QED) is 0.898. The second-order valence-corrected chi connectivity index (χ2v) is 4.28. The van der Waals surface area contributed by atoms with Gasteiger partial charge in [-0.2, -0.15) is 5.10 Å². The van der Waals surface area contributed by atoms with Crippen molar-refractivity contribution < 1.29 is 5.11 Å². The minimum Gasteiger partial charge on any atom is -0.392 e. The second-order valence-electron chi connectivity index (χ2n) is 3.46. The van der Waals surface area contributed by atoms with Crippen LogP contribution in [0.15, 0.2) is 24.4 Å². The Labute approximate surface area is 103 Å². The van der Waals surface area contributed by atoms with Crippen LogP contribution in [0.2, 0.25) is 10.0 Å². The Balaban J connectivity index is 2.53. The first-order valence-electron chi connectivity index (χ1n) is 4.70. The summed E-state index contributed by atoms with van der Waals surface area (Å²) in [6, 6.07) is 5.29. The van der Waals surface area contributed by atoms with Crippen molar-refractivity contribution in [3.05, 3.63) is 40.0 Å². The number of halogens is 2. The lowest BCUT2D eigenvalue weighted by Crippen LogP contribution is -1.88. The summed E-state index contributed by atoms with van der Waals surface area (Å²) in [5.74, 6) is 0. The van der Waals surface area contributed by atoms with Crippen molar-refractivity contribution in [1.82, 2.24) is 9.78 Å². The standard InChI is InChI=1S/C11H10Cl2N2O/c1-15-5-8(6-16)11(14-15)7-2-3-9(12)10(13)4-7/h2-5,16H,6H2,1H3. The summed E-state index contributed by atoms with van der Waals surface area (Å²) in [6.45, 7) is -0.0522. The summed E-state index contributed by atoms with van der Waals surface area (Å²) in [7, 11) is 1.81. The van der Waals surface area contributed by atoms with E-state index in [-0.39, 0.29) is 6.61 Å². The average molecular weight is 257 g/mol. The summed E-state index contributed by atoms with van der Waals surface area (Å²) in [5, 5.41) is 14.5. The Morgan fingerprint density at radius 3 is 2.69 bits per heavy atom. The highest BCUT2D eigenvalue weighted by Gasteiger charge is 2.10. The molecule has 0 saturated heterocycles. The number of hydrogen-bond acceptors (Lipinski definition) is 2. The van der Waals surface area contributed by atoms with Crippen molar-refractivity contribution in [3.8, 4) is 11.3 Å². The molecule has 5 heteroatoms.